The van der Waals surface area contributed by atoms with Gasteiger partial charge < -0.3 is 14.2 Å². The van der Waals surface area contributed by atoms with Crippen LogP contribution in [0.5, 0.6) is 5.75 Å². The summed E-state index contributed by atoms with van der Waals surface area (Å²) in [6, 6.07) is 7.35. The smallest absolute Gasteiger partial charge is 0.327 e. The van der Waals surface area contributed by atoms with E-state index in [0.29, 0.717) is 29.2 Å². The van der Waals surface area contributed by atoms with Gasteiger partial charge in [0.05, 0.1) is 28.7 Å². The van der Waals surface area contributed by atoms with Crippen LogP contribution in [-0.2, 0) is 7.05 Å². The number of benzene rings is 1. The van der Waals surface area contributed by atoms with Crippen LogP contribution >= 0.6 is 0 Å². The lowest BCUT2D eigenvalue weighted by Crippen LogP contribution is -2.31. The van der Waals surface area contributed by atoms with Crippen molar-refractivity contribution in [3.63, 3.8) is 0 Å². The van der Waals surface area contributed by atoms with Gasteiger partial charge in [-0.2, -0.15) is 5.10 Å². The molecule has 5 heterocycles. The van der Waals surface area contributed by atoms with Gasteiger partial charge in [-0.05, 0) is 32.0 Å². The molecule has 9 nitrogen and oxygen atoms in total. The lowest BCUT2D eigenvalue weighted by Gasteiger charge is -2.27. The summed E-state index contributed by atoms with van der Waals surface area (Å²) in [6.07, 6.45) is 5.43. The number of imidazole rings is 1. The van der Waals surface area contributed by atoms with Crippen molar-refractivity contribution in [3.8, 4) is 28.0 Å². The van der Waals surface area contributed by atoms with E-state index >= 15 is 0 Å². The molecule has 32 heavy (non-hydrogen) atoms. The topological polar surface area (TPSA) is 104 Å². The molecular weight excluding hydrogens is 408 g/mol. The lowest BCUT2D eigenvalue weighted by molar-refractivity contribution is 0.255. The minimum Gasteiger partial charge on any atom is -0.488 e. The quantitative estimate of drug-likeness (QED) is 0.472. The maximum Gasteiger partial charge on any atom is 0.327 e. The van der Waals surface area contributed by atoms with E-state index in [1.807, 2.05) is 51.4 Å². The van der Waals surface area contributed by atoms with Gasteiger partial charge in [-0.3, -0.25) is 14.2 Å². The number of nitrogens with zero attached hydrogens (tertiary/aromatic N) is 5. The van der Waals surface area contributed by atoms with E-state index in [0.717, 1.165) is 33.6 Å². The summed E-state index contributed by atoms with van der Waals surface area (Å²) in [5.41, 5.74) is 6.17. The number of aromatic amines is 1. The molecule has 0 unspecified atom stereocenters. The van der Waals surface area contributed by atoms with E-state index in [-0.39, 0.29) is 11.7 Å². The third-order valence-electron chi connectivity index (χ3n) is 5.99. The molecule has 1 atom stereocenters. The first-order valence-electron chi connectivity index (χ1n) is 10.3. The second-order valence-corrected chi connectivity index (χ2v) is 8.01. The monoisotopic (exact) mass is 428 g/mol. The fourth-order valence-electron chi connectivity index (χ4n) is 4.59. The molecule has 9 heteroatoms. The summed E-state index contributed by atoms with van der Waals surface area (Å²) in [6.45, 7) is 4.06. The molecule has 6 rings (SSSR count). The van der Waals surface area contributed by atoms with E-state index < -0.39 is 0 Å². The third-order valence-corrected chi connectivity index (χ3v) is 5.99. The van der Waals surface area contributed by atoms with Crippen LogP contribution in [-0.4, -0.2) is 36.1 Å². The molecule has 1 N–H and O–H groups in total. The van der Waals surface area contributed by atoms with Crippen LogP contribution in [0.2, 0.25) is 0 Å². The van der Waals surface area contributed by atoms with E-state index in [1.54, 1.807) is 21.6 Å². The largest absolute Gasteiger partial charge is 0.488 e. The van der Waals surface area contributed by atoms with Crippen LogP contribution in [0.25, 0.3) is 33.3 Å². The van der Waals surface area contributed by atoms with E-state index in [9.17, 15) is 4.79 Å². The number of hydrogen-bond acceptors (Lipinski definition) is 6. The second kappa shape index (κ2) is 6.68. The highest BCUT2D eigenvalue weighted by Gasteiger charge is 2.32. The molecule has 1 aliphatic rings. The number of aryl methyl sites for hydroxylation is 3. The lowest BCUT2D eigenvalue weighted by atomic mass is 9.95. The average molecular weight is 428 g/mol. The summed E-state index contributed by atoms with van der Waals surface area (Å²) >= 11 is 0. The summed E-state index contributed by atoms with van der Waals surface area (Å²) < 4.78 is 15.3. The van der Waals surface area contributed by atoms with Crippen LogP contribution in [0.15, 0.2) is 52.2 Å². The van der Waals surface area contributed by atoms with Gasteiger partial charge in [-0.15, -0.1) is 0 Å². The Morgan fingerprint density at radius 1 is 1.22 bits per heavy atom. The van der Waals surface area contributed by atoms with Crippen LogP contribution in [0.3, 0.4) is 0 Å². The van der Waals surface area contributed by atoms with Crippen LogP contribution in [0.4, 0.5) is 0 Å². The number of pyridine rings is 1. The van der Waals surface area contributed by atoms with E-state index in [1.165, 1.54) is 0 Å². The maximum atomic E-state index is 13.2. The molecule has 0 bridgehead atoms. The minimum atomic E-state index is -0.341. The number of aromatic nitrogens is 6. The molecule has 0 radical (unpaired) electrons. The van der Waals surface area contributed by atoms with Crippen molar-refractivity contribution >= 4 is 11.0 Å². The normalized spacial score (nSPS) is 15.3. The molecule has 160 valence electrons. The standard InChI is InChI=1S/C23H20N6O3/c1-12-19(13(2)32-27-12)16-8-15(14-9-25-28(3)10-14)20-21-22(16)31-11-18(29(21)23(30)26-20)17-6-4-5-7-24-17/h4-10,18H,11H2,1-3H3,(H,26,30)/t18-/m1/s1. The summed E-state index contributed by atoms with van der Waals surface area (Å²) in [4.78, 5) is 20.8. The van der Waals surface area contributed by atoms with Gasteiger partial charge in [0.1, 0.15) is 23.9 Å². The molecule has 0 aliphatic carbocycles. The number of H-pyrrole nitrogens is 1. The molecule has 0 saturated heterocycles. The molecule has 0 amide bonds. The first kappa shape index (κ1) is 18.6. The zero-order valence-electron chi connectivity index (χ0n) is 17.8. The Kier molecular flexibility index (Phi) is 3.89. The molecule has 0 fully saturated rings. The first-order chi connectivity index (χ1) is 15.5. The number of ether oxygens (including phenoxy) is 1. The van der Waals surface area contributed by atoms with Crippen molar-refractivity contribution in [1.29, 1.82) is 0 Å². The summed E-state index contributed by atoms with van der Waals surface area (Å²) in [5.74, 6) is 1.32. The van der Waals surface area contributed by atoms with Gasteiger partial charge >= 0.3 is 5.69 Å². The van der Waals surface area contributed by atoms with Gasteiger partial charge in [0.25, 0.3) is 0 Å². The predicted molar refractivity (Wildman–Crippen MR) is 118 cm³/mol. The third kappa shape index (κ3) is 2.57. The fourth-order valence-corrected chi connectivity index (χ4v) is 4.59. The Morgan fingerprint density at radius 3 is 2.78 bits per heavy atom. The maximum absolute atomic E-state index is 13.2. The van der Waals surface area contributed by atoms with Gasteiger partial charge in [-0.1, -0.05) is 11.2 Å². The van der Waals surface area contributed by atoms with E-state index in [4.69, 9.17) is 9.26 Å². The highest BCUT2D eigenvalue weighted by atomic mass is 16.5. The van der Waals surface area contributed by atoms with Gasteiger partial charge in [-0.25, -0.2) is 4.79 Å². The number of hydrogen-bond donors (Lipinski definition) is 1. The van der Waals surface area contributed by atoms with Crippen molar-refractivity contribution in [2.45, 2.75) is 19.9 Å². The molecule has 5 aromatic rings. The highest BCUT2D eigenvalue weighted by molar-refractivity contribution is 6.02. The Labute approximate surface area is 182 Å². The van der Waals surface area contributed by atoms with Crippen molar-refractivity contribution in [2.75, 3.05) is 6.61 Å². The van der Waals surface area contributed by atoms with Crippen molar-refractivity contribution in [1.82, 2.24) is 29.5 Å². The van der Waals surface area contributed by atoms with Gasteiger partial charge in [0, 0.05) is 36.1 Å². The second-order valence-electron chi connectivity index (χ2n) is 8.01. The van der Waals surface area contributed by atoms with Crippen LogP contribution in [0, 0.1) is 13.8 Å². The molecule has 0 saturated carbocycles. The van der Waals surface area contributed by atoms with Crippen LogP contribution in [0.1, 0.15) is 23.2 Å². The molecule has 1 aromatic carbocycles. The zero-order valence-corrected chi connectivity index (χ0v) is 17.8. The minimum absolute atomic E-state index is 0.207. The fraction of sp³-hybridized carbons (Fsp3) is 0.217. The average Bonchev–Trinajstić information content (AvgIpc) is 3.48. The molecule has 0 spiro atoms. The number of rotatable bonds is 3. The molecule has 4 aromatic heterocycles. The molecule has 1 aliphatic heterocycles. The Hall–Kier alpha value is -4.14. The Balaban J connectivity index is 1.73. The van der Waals surface area contributed by atoms with Crippen molar-refractivity contribution in [2.24, 2.45) is 7.05 Å². The van der Waals surface area contributed by atoms with Crippen molar-refractivity contribution in [3.05, 3.63) is 70.5 Å². The van der Waals surface area contributed by atoms with E-state index in [2.05, 4.69) is 20.2 Å². The predicted octanol–water partition coefficient (Wildman–Crippen LogP) is 3.38. The van der Waals surface area contributed by atoms with Gasteiger partial charge in [0.15, 0.2) is 5.75 Å². The van der Waals surface area contributed by atoms with Crippen molar-refractivity contribution < 1.29 is 9.26 Å². The Morgan fingerprint density at radius 2 is 2.09 bits per heavy atom. The highest BCUT2D eigenvalue weighted by Crippen LogP contribution is 2.46. The van der Waals surface area contributed by atoms with Gasteiger partial charge in [0.2, 0.25) is 0 Å². The summed E-state index contributed by atoms with van der Waals surface area (Å²) in [7, 11) is 1.86. The number of nitrogens with one attached hydrogen (secondary N) is 1. The Bertz CT molecular complexity index is 1520. The SMILES string of the molecule is Cc1noc(C)c1-c1cc(-c2cnn(C)c2)c2[nH]c(=O)n3c2c1OC[C@@H]3c1ccccn1. The first-order valence-corrected chi connectivity index (χ1v) is 10.3. The zero-order chi connectivity index (χ0) is 22.0. The summed E-state index contributed by atoms with van der Waals surface area (Å²) in [5, 5.41) is 8.45. The molecular formula is C23H20N6O3. The van der Waals surface area contributed by atoms with Crippen LogP contribution < -0.4 is 10.4 Å².